The van der Waals surface area contributed by atoms with Crippen LogP contribution in [-0.2, 0) is 11.3 Å². The van der Waals surface area contributed by atoms with Crippen molar-refractivity contribution in [1.82, 2.24) is 19.4 Å². The molecule has 2 aromatic heterocycles. The van der Waals surface area contributed by atoms with Gasteiger partial charge in [-0.3, -0.25) is 4.79 Å². The Kier molecular flexibility index (Phi) is 6.45. The van der Waals surface area contributed by atoms with E-state index in [2.05, 4.69) is 67.9 Å². The summed E-state index contributed by atoms with van der Waals surface area (Å²) in [6, 6.07) is 18.2. The van der Waals surface area contributed by atoms with Gasteiger partial charge in [0.15, 0.2) is 0 Å². The number of aromatic nitrogens is 3. The summed E-state index contributed by atoms with van der Waals surface area (Å²) in [5.41, 5.74) is 4.82. The van der Waals surface area contributed by atoms with Crippen LogP contribution in [0.1, 0.15) is 5.56 Å². The van der Waals surface area contributed by atoms with Gasteiger partial charge in [0.25, 0.3) is 0 Å². The summed E-state index contributed by atoms with van der Waals surface area (Å²) in [5, 5.41) is 7.11. The van der Waals surface area contributed by atoms with E-state index in [1.807, 2.05) is 42.7 Å². The van der Waals surface area contributed by atoms with E-state index in [9.17, 15) is 4.79 Å². The van der Waals surface area contributed by atoms with Crippen LogP contribution >= 0.6 is 0 Å². The zero-order valence-electron chi connectivity index (χ0n) is 19.8. The molecule has 1 fully saturated rings. The highest BCUT2D eigenvalue weighted by Crippen LogP contribution is 2.23. The first-order chi connectivity index (χ1) is 17.1. The van der Waals surface area contributed by atoms with Gasteiger partial charge in [0.05, 0.1) is 0 Å². The van der Waals surface area contributed by atoms with Crippen molar-refractivity contribution >= 4 is 40.0 Å². The van der Waals surface area contributed by atoms with Gasteiger partial charge in [0.1, 0.15) is 5.65 Å². The second kappa shape index (κ2) is 9.99. The maximum absolute atomic E-state index is 11.6. The molecule has 0 atom stereocenters. The van der Waals surface area contributed by atoms with E-state index in [1.54, 1.807) is 0 Å². The molecule has 178 valence electrons. The monoisotopic (exact) mass is 467 g/mol. The van der Waals surface area contributed by atoms with E-state index >= 15 is 0 Å². The van der Waals surface area contributed by atoms with Gasteiger partial charge in [-0.15, -0.1) is 0 Å². The molecule has 1 aliphatic heterocycles. The number of rotatable bonds is 7. The number of amides is 1. The molecule has 1 saturated heterocycles. The minimum absolute atomic E-state index is 0.228. The number of carbonyl (C=O) groups is 1. The zero-order valence-corrected chi connectivity index (χ0v) is 19.8. The number of fused-ring (bicyclic) bond motifs is 1. The Morgan fingerprint density at radius 3 is 2.63 bits per heavy atom. The fraction of sp³-hybridized carbons (Fsp3) is 0.222. The Hall–Kier alpha value is -4.17. The molecule has 0 aliphatic carbocycles. The summed E-state index contributed by atoms with van der Waals surface area (Å²) in [4.78, 5) is 25.7. The van der Waals surface area contributed by atoms with Crippen LogP contribution in [-0.4, -0.2) is 58.6 Å². The van der Waals surface area contributed by atoms with Gasteiger partial charge in [-0.05, 0) is 61.2 Å². The van der Waals surface area contributed by atoms with Gasteiger partial charge in [-0.1, -0.05) is 18.7 Å². The van der Waals surface area contributed by atoms with E-state index in [4.69, 9.17) is 4.98 Å². The Morgan fingerprint density at radius 1 is 1.06 bits per heavy atom. The van der Waals surface area contributed by atoms with E-state index in [1.165, 1.54) is 11.8 Å². The van der Waals surface area contributed by atoms with Crippen LogP contribution in [0.2, 0.25) is 0 Å². The molecule has 4 aromatic rings. The third-order valence-electron chi connectivity index (χ3n) is 6.23. The van der Waals surface area contributed by atoms with Crippen LogP contribution in [0, 0.1) is 0 Å². The summed E-state index contributed by atoms with van der Waals surface area (Å²) in [5.74, 6) is 0.324. The Morgan fingerprint density at radius 2 is 1.86 bits per heavy atom. The fourth-order valence-electron chi connectivity index (χ4n) is 4.25. The lowest BCUT2D eigenvalue weighted by Crippen LogP contribution is -2.44. The molecule has 2 N–H and O–H groups in total. The highest BCUT2D eigenvalue weighted by molar-refractivity contribution is 5.98. The van der Waals surface area contributed by atoms with Crippen molar-refractivity contribution in [2.24, 2.45) is 0 Å². The molecule has 1 amide bonds. The number of hydrogen-bond acceptors (Lipinski definition) is 6. The molecule has 8 nitrogen and oxygen atoms in total. The SMILES string of the molecule is C=CC(=O)Nc1cccc(Cn2ccc3cnc(Nc4ccc(N5CCN(C)CC5)cc4)nc32)c1. The van der Waals surface area contributed by atoms with Crippen molar-refractivity contribution in [2.75, 3.05) is 48.8 Å². The number of carbonyl (C=O) groups excluding carboxylic acids is 1. The van der Waals surface area contributed by atoms with E-state index < -0.39 is 0 Å². The first kappa shape index (κ1) is 22.6. The third kappa shape index (κ3) is 5.33. The van der Waals surface area contributed by atoms with E-state index in [0.717, 1.165) is 54.2 Å². The Balaban J connectivity index is 1.30. The first-order valence-electron chi connectivity index (χ1n) is 11.7. The highest BCUT2D eigenvalue weighted by Gasteiger charge is 2.14. The molecule has 0 radical (unpaired) electrons. The molecule has 0 bridgehead atoms. The second-order valence-electron chi connectivity index (χ2n) is 8.77. The van der Waals surface area contributed by atoms with Crippen molar-refractivity contribution in [3.05, 3.63) is 85.2 Å². The number of piperazine rings is 1. The van der Waals surface area contributed by atoms with Gasteiger partial charge in [-0.2, -0.15) is 4.98 Å². The molecule has 0 spiro atoms. The summed E-state index contributed by atoms with van der Waals surface area (Å²) >= 11 is 0. The molecule has 3 heterocycles. The number of nitrogens with one attached hydrogen (secondary N) is 2. The predicted molar refractivity (Wildman–Crippen MR) is 141 cm³/mol. The second-order valence-corrected chi connectivity index (χ2v) is 8.77. The molecule has 8 heteroatoms. The minimum atomic E-state index is -0.228. The average molecular weight is 468 g/mol. The third-order valence-corrected chi connectivity index (χ3v) is 6.23. The largest absolute Gasteiger partial charge is 0.369 e. The van der Waals surface area contributed by atoms with E-state index in [0.29, 0.717) is 12.5 Å². The predicted octanol–water partition coefficient (Wildman–Crippen LogP) is 4.10. The fourth-order valence-corrected chi connectivity index (χ4v) is 4.25. The van der Waals surface area contributed by atoms with Crippen LogP contribution in [0.5, 0.6) is 0 Å². The summed E-state index contributed by atoms with van der Waals surface area (Å²) < 4.78 is 2.08. The number of nitrogens with zero attached hydrogens (tertiary/aromatic N) is 5. The number of likely N-dealkylation sites (N-methyl/N-ethyl adjacent to an activating group) is 1. The van der Waals surface area contributed by atoms with Crippen LogP contribution in [0.15, 0.2) is 79.6 Å². The van der Waals surface area contributed by atoms with Gasteiger partial charge >= 0.3 is 0 Å². The zero-order chi connectivity index (χ0) is 24.2. The molecular formula is C27H29N7O. The quantitative estimate of drug-likeness (QED) is 0.399. The summed E-state index contributed by atoms with van der Waals surface area (Å²) in [6.45, 7) is 8.38. The van der Waals surface area contributed by atoms with Gasteiger partial charge in [-0.25, -0.2) is 4.98 Å². The smallest absolute Gasteiger partial charge is 0.247 e. The van der Waals surface area contributed by atoms with Gasteiger partial charge in [0, 0.05) is 67.6 Å². The number of anilines is 4. The molecule has 35 heavy (non-hydrogen) atoms. The summed E-state index contributed by atoms with van der Waals surface area (Å²) in [6.07, 6.45) is 5.10. The molecular weight excluding hydrogens is 438 g/mol. The Bertz CT molecular complexity index is 1340. The van der Waals surface area contributed by atoms with Crippen molar-refractivity contribution < 1.29 is 4.79 Å². The molecule has 0 unspecified atom stereocenters. The van der Waals surface area contributed by atoms with Crippen LogP contribution in [0.4, 0.5) is 23.0 Å². The topological polar surface area (TPSA) is 78.3 Å². The molecule has 2 aromatic carbocycles. The van der Waals surface area contributed by atoms with Crippen molar-refractivity contribution in [3.63, 3.8) is 0 Å². The first-order valence-corrected chi connectivity index (χ1v) is 11.7. The van der Waals surface area contributed by atoms with Crippen LogP contribution in [0.3, 0.4) is 0 Å². The number of benzene rings is 2. The lowest BCUT2D eigenvalue weighted by Gasteiger charge is -2.34. The standard InChI is InChI=1S/C27H29N7O/c1-3-25(35)29-23-6-4-5-20(17-23)19-34-12-11-21-18-28-27(31-26(21)34)30-22-7-9-24(10-8-22)33-15-13-32(2)14-16-33/h3-12,17-18H,1,13-16,19H2,2H3,(H,29,35)(H,28,30,31). The average Bonchev–Trinajstić information content (AvgIpc) is 3.27. The van der Waals surface area contributed by atoms with Crippen molar-refractivity contribution in [2.45, 2.75) is 6.54 Å². The Labute approximate surface area is 204 Å². The van der Waals surface area contributed by atoms with Crippen molar-refractivity contribution in [3.8, 4) is 0 Å². The van der Waals surface area contributed by atoms with E-state index in [-0.39, 0.29) is 5.91 Å². The highest BCUT2D eigenvalue weighted by atomic mass is 16.1. The lowest BCUT2D eigenvalue weighted by atomic mass is 10.2. The maximum atomic E-state index is 11.6. The number of hydrogen-bond donors (Lipinski definition) is 2. The molecule has 0 saturated carbocycles. The van der Waals surface area contributed by atoms with Crippen molar-refractivity contribution in [1.29, 1.82) is 0 Å². The van der Waals surface area contributed by atoms with Crippen LogP contribution in [0.25, 0.3) is 11.0 Å². The molecule has 1 aliphatic rings. The van der Waals surface area contributed by atoms with Gasteiger partial charge in [0.2, 0.25) is 11.9 Å². The minimum Gasteiger partial charge on any atom is -0.369 e. The molecule has 5 rings (SSSR count). The summed E-state index contributed by atoms with van der Waals surface area (Å²) in [7, 11) is 2.17. The van der Waals surface area contributed by atoms with Crippen LogP contribution < -0.4 is 15.5 Å². The maximum Gasteiger partial charge on any atom is 0.247 e. The normalized spacial score (nSPS) is 14.1. The lowest BCUT2D eigenvalue weighted by molar-refractivity contribution is -0.111. The van der Waals surface area contributed by atoms with Gasteiger partial charge < -0.3 is 25.0 Å².